The molecule has 2 aliphatic rings. The molecule has 262 valence electrons. The van der Waals surface area contributed by atoms with Gasteiger partial charge in [-0.3, -0.25) is 24.8 Å². The van der Waals surface area contributed by atoms with Gasteiger partial charge in [-0.1, -0.05) is 19.1 Å². The van der Waals surface area contributed by atoms with Crippen molar-refractivity contribution in [3.63, 3.8) is 0 Å². The first-order chi connectivity index (χ1) is 23.5. The molecule has 0 saturated heterocycles. The predicted octanol–water partition coefficient (Wildman–Crippen LogP) is 7.49. The molecule has 50 heavy (non-hydrogen) atoms. The van der Waals surface area contributed by atoms with Crippen molar-refractivity contribution in [2.45, 2.75) is 66.1 Å². The van der Waals surface area contributed by atoms with E-state index in [9.17, 15) is 19.2 Å². The highest BCUT2D eigenvalue weighted by Crippen LogP contribution is 2.38. The summed E-state index contributed by atoms with van der Waals surface area (Å²) in [5.74, 6) is -1.93. The van der Waals surface area contributed by atoms with Gasteiger partial charge in [0.05, 0.1) is 29.1 Å². The SMILES string of the molecule is CC/C(C1=COCCN1C(=O)OC(C)(C)C)=C(/C=N\C)c1cc2cc(N3C(=O)c4ccccc4C3=O)ncc2c(NC(=O)OC(C)(C)C)c1F. The minimum absolute atomic E-state index is 0.00105. The normalized spacial score (nSPS) is 15.5. The Morgan fingerprint density at radius 1 is 1.04 bits per heavy atom. The van der Waals surface area contributed by atoms with E-state index < -0.39 is 41.0 Å². The first-order valence-electron chi connectivity index (χ1n) is 16.1. The number of halogens is 1. The second-order valence-corrected chi connectivity index (χ2v) is 13.6. The van der Waals surface area contributed by atoms with Crippen LogP contribution in [0.4, 0.5) is 25.5 Å². The number of anilines is 2. The number of aliphatic imine (C=N–C) groups is 1. The number of rotatable bonds is 6. The number of carbonyl (C=O) groups excluding carboxylic acids is 4. The third kappa shape index (κ3) is 7.21. The maximum Gasteiger partial charge on any atom is 0.415 e. The number of carbonyl (C=O) groups is 4. The third-order valence-corrected chi connectivity index (χ3v) is 7.66. The summed E-state index contributed by atoms with van der Waals surface area (Å²) in [5, 5.41) is 3.06. The summed E-state index contributed by atoms with van der Waals surface area (Å²) in [4.78, 5) is 64.0. The van der Waals surface area contributed by atoms with Crippen LogP contribution in [0, 0.1) is 5.82 Å². The van der Waals surface area contributed by atoms with Crippen LogP contribution in [0.2, 0.25) is 0 Å². The van der Waals surface area contributed by atoms with E-state index in [1.54, 1.807) is 65.8 Å². The van der Waals surface area contributed by atoms with Crippen molar-refractivity contribution in [2.75, 3.05) is 30.4 Å². The number of nitrogens with one attached hydrogen (secondary N) is 1. The highest BCUT2D eigenvalue weighted by atomic mass is 19.1. The Morgan fingerprint density at radius 2 is 1.68 bits per heavy atom. The van der Waals surface area contributed by atoms with E-state index >= 15 is 4.39 Å². The van der Waals surface area contributed by atoms with Crippen LogP contribution < -0.4 is 10.2 Å². The largest absolute Gasteiger partial charge is 0.497 e. The monoisotopic (exact) mass is 685 g/mol. The number of amides is 4. The number of nitrogens with zero attached hydrogens (tertiary/aromatic N) is 4. The van der Waals surface area contributed by atoms with Gasteiger partial charge in [-0.2, -0.15) is 0 Å². The summed E-state index contributed by atoms with van der Waals surface area (Å²) in [6.07, 6.45) is 2.96. The average molecular weight is 686 g/mol. The van der Waals surface area contributed by atoms with Crippen LogP contribution in [0.15, 0.2) is 65.1 Å². The van der Waals surface area contributed by atoms with Gasteiger partial charge in [-0.25, -0.2) is 23.9 Å². The lowest BCUT2D eigenvalue weighted by atomic mass is 9.93. The summed E-state index contributed by atoms with van der Waals surface area (Å²) in [5.41, 5.74) is -0.304. The predicted molar refractivity (Wildman–Crippen MR) is 188 cm³/mol. The zero-order valence-corrected chi connectivity index (χ0v) is 29.3. The highest BCUT2D eigenvalue weighted by Gasteiger charge is 2.37. The molecule has 13 heteroatoms. The standard InChI is InChI=1S/C37H40FN5O7/c1-9-22(28-20-48-15-14-42(28)35(47)50-37(5,6)7)27(18-39-8)25-16-21-17-29(43-32(44)23-12-10-11-13-24(23)33(43)45)40-19-26(21)31(30(25)38)41-34(46)49-36(2,3)4/h10-13,16-20H,9,14-15H2,1-8H3,(H,41,46)/b27-22+,39-18-. The van der Waals surface area contributed by atoms with Crippen molar-refractivity contribution in [3.05, 3.63) is 82.6 Å². The topological polar surface area (TPSA) is 140 Å². The second kappa shape index (κ2) is 13.7. The van der Waals surface area contributed by atoms with E-state index in [1.165, 1.54) is 42.8 Å². The molecule has 3 aromatic rings. The molecule has 0 aliphatic carbocycles. The summed E-state index contributed by atoms with van der Waals surface area (Å²) in [6.45, 7) is 12.5. The van der Waals surface area contributed by atoms with Gasteiger partial charge >= 0.3 is 12.2 Å². The van der Waals surface area contributed by atoms with Crippen molar-refractivity contribution in [1.82, 2.24) is 9.88 Å². The van der Waals surface area contributed by atoms with Gasteiger partial charge < -0.3 is 14.2 Å². The average Bonchev–Trinajstić information content (AvgIpc) is 3.29. The summed E-state index contributed by atoms with van der Waals surface area (Å²) >= 11 is 0. The van der Waals surface area contributed by atoms with E-state index in [0.717, 1.165) is 4.90 Å². The van der Waals surface area contributed by atoms with E-state index in [1.807, 2.05) is 6.92 Å². The maximum atomic E-state index is 16.9. The lowest BCUT2D eigenvalue weighted by molar-refractivity contribution is 0.0239. The van der Waals surface area contributed by atoms with Gasteiger partial charge in [0.25, 0.3) is 11.8 Å². The highest BCUT2D eigenvalue weighted by molar-refractivity contribution is 6.34. The van der Waals surface area contributed by atoms with E-state index in [2.05, 4.69) is 15.3 Å². The van der Waals surface area contributed by atoms with Crippen LogP contribution in [-0.2, 0) is 14.2 Å². The Bertz CT molecular complexity index is 1950. The maximum absolute atomic E-state index is 16.9. The molecule has 0 fully saturated rings. The summed E-state index contributed by atoms with van der Waals surface area (Å²) < 4.78 is 33.7. The molecule has 1 N–H and O–H groups in total. The Morgan fingerprint density at radius 3 is 2.26 bits per heavy atom. The third-order valence-electron chi connectivity index (χ3n) is 7.66. The van der Waals surface area contributed by atoms with Crippen LogP contribution >= 0.6 is 0 Å². The number of benzene rings is 2. The smallest absolute Gasteiger partial charge is 0.415 e. The second-order valence-electron chi connectivity index (χ2n) is 13.6. The van der Waals surface area contributed by atoms with Gasteiger partial charge in [0.1, 0.15) is 29.9 Å². The Kier molecular flexibility index (Phi) is 9.81. The molecule has 4 amide bonds. The molecule has 0 saturated carbocycles. The molecule has 3 heterocycles. The van der Waals surface area contributed by atoms with Gasteiger partial charge in [0.15, 0.2) is 5.82 Å². The first-order valence-corrected chi connectivity index (χ1v) is 16.1. The number of pyridine rings is 1. The van der Waals surface area contributed by atoms with E-state index in [0.29, 0.717) is 23.1 Å². The zero-order chi connectivity index (χ0) is 36.5. The lowest BCUT2D eigenvalue weighted by Crippen LogP contribution is -2.40. The number of imide groups is 1. The minimum Gasteiger partial charge on any atom is -0.497 e. The fraction of sp³-hybridized carbons (Fsp3) is 0.351. The number of aromatic nitrogens is 1. The van der Waals surface area contributed by atoms with Crippen LogP contribution in [0.3, 0.4) is 0 Å². The van der Waals surface area contributed by atoms with Crippen molar-refractivity contribution < 1.29 is 37.8 Å². The number of fused-ring (bicyclic) bond motifs is 2. The number of allylic oxidation sites excluding steroid dienone is 2. The van der Waals surface area contributed by atoms with E-state index in [4.69, 9.17) is 14.2 Å². The van der Waals surface area contributed by atoms with Crippen LogP contribution in [-0.4, -0.2) is 71.5 Å². The molecule has 0 unspecified atom stereocenters. The number of hydrogen-bond donors (Lipinski definition) is 1. The molecule has 1 aromatic heterocycles. The molecular formula is C37H40FN5O7. The van der Waals surface area contributed by atoms with Gasteiger partial charge in [0.2, 0.25) is 0 Å². The fourth-order valence-electron chi connectivity index (χ4n) is 5.66. The van der Waals surface area contributed by atoms with E-state index in [-0.39, 0.29) is 52.3 Å². The van der Waals surface area contributed by atoms with Crippen molar-refractivity contribution in [3.8, 4) is 0 Å². The Balaban J connectivity index is 1.73. The van der Waals surface area contributed by atoms with Crippen molar-refractivity contribution in [2.24, 2.45) is 4.99 Å². The van der Waals surface area contributed by atoms with Crippen molar-refractivity contribution >= 4 is 58.1 Å². The quantitative estimate of drug-likeness (QED) is 0.208. The first kappa shape index (κ1) is 35.7. The van der Waals surface area contributed by atoms with Gasteiger partial charge in [-0.15, -0.1) is 0 Å². The Hall–Kier alpha value is -5.59. The van der Waals surface area contributed by atoms with Crippen LogP contribution in [0.1, 0.15) is 81.2 Å². The molecule has 2 aromatic carbocycles. The zero-order valence-electron chi connectivity index (χ0n) is 29.3. The van der Waals surface area contributed by atoms with Crippen LogP contribution in [0.25, 0.3) is 16.3 Å². The van der Waals surface area contributed by atoms with Crippen LogP contribution in [0.5, 0.6) is 0 Å². The van der Waals surface area contributed by atoms with Gasteiger partial charge in [0, 0.05) is 36.0 Å². The molecule has 0 bridgehead atoms. The molecule has 0 atom stereocenters. The summed E-state index contributed by atoms with van der Waals surface area (Å²) in [7, 11) is 1.52. The molecule has 12 nitrogen and oxygen atoms in total. The summed E-state index contributed by atoms with van der Waals surface area (Å²) in [6, 6.07) is 9.44. The van der Waals surface area contributed by atoms with Gasteiger partial charge in [-0.05, 0) is 83.2 Å². The van der Waals surface area contributed by atoms with Crippen molar-refractivity contribution in [1.29, 1.82) is 0 Å². The molecular weight excluding hydrogens is 645 g/mol. The molecule has 0 spiro atoms. The molecule has 2 aliphatic heterocycles. The molecule has 0 radical (unpaired) electrons. The Labute approximate surface area is 289 Å². The lowest BCUT2D eigenvalue weighted by Gasteiger charge is -2.32. The minimum atomic E-state index is -0.913. The number of ether oxygens (including phenoxy) is 3. The molecule has 5 rings (SSSR count). The number of hydrogen-bond acceptors (Lipinski definition) is 9. The fourth-order valence-corrected chi connectivity index (χ4v) is 5.66.